The van der Waals surface area contributed by atoms with Crippen molar-refractivity contribution in [1.82, 2.24) is 10.3 Å². The summed E-state index contributed by atoms with van der Waals surface area (Å²) in [6.07, 6.45) is 6.63. The second kappa shape index (κ2) is 6.32. The molecular formula is C14H19BrN2O. The Hall–Kier alpha value is -0.900. The molecule has 1 N–H and O–H groups in total. The Morgan fingerprint density at radius 1 is 1.50 bits per heavy atom. The number of rotatable bonds is 3. The number of hydrogen-bond donors (Lipinski definition) is 1. The zero-order valence-corrected chi connectivity index (χ0v) is 12.2. The monoisotopic (exact) mass is 310 g/mol. The lowest BCUT2D eigenvalue weighted by Crippen LogP contribution is -2.35. The van der Waals surface area contributed by atoms with Crippen molar-refractivity contribution in [2.75, 3.05) is 6.54 Å². The molecule has 0 spiro atoms. The Bertz CT molecular complexity index is 422. The van der Waals surface area contributed by atoms with Gasteiger partial charge in [-0.2, -0.15) is 0 Å². The van der Waals surface area contributed by atoms with Gasteiger partial charge in [-0.1, -0.05) is 34.8 Å². The average Bonchev–Trinajstić information content (AvgIpc) is 2.38. The van der Waals surface area contributed by atoms with Crippen LogP contribution in [0.1, 0.15) is 41.7 Å². The predicted octanol–water partition coefficient (Wildman–Crippen LogP) is 3.07. The smallest absolute Gasteiger partial charge is 0.270 e. The maximum atomic E-state index is 12.0. The molecule has 0 aromatic carbocycles. The molecule has 0 bridgehead atoms. The number of aromatic nitrogens is 1. The molecule has 98 valence electrons. The van der Waals surface area contributed by atoms with Gasteiger partial charge in [-0.05, 0) is 37.3 Å². The van der Waals surface area contributed by atoms with Gasteiger partial charge < -0.3 is 5.32 Å². The third kappa shape index (κ3) is 3.31. The van der Waals surface area contributed by atoms with E-state index in [-0.39, 0.29) is 5.91 Å². The second-order valence-corrected chi connectivity index (χ2v) is 6.12. The molecule has 18 heavy (non-hydrogen) atoms. The highest BCUT2D eigenvalue weighted by molar-refractivity contribution is 9.09. The van der Waals surface area contributed by atoms with Gasteiger partial charge in [-0.3, -0.25) is 9.78 Å². The number of alkyl halides is 1. The topological polar surface area (TPSA) is 42.0 Å². The Balaban J connectivity index is 1.90. The third-order valence-corrected chi connectivity index (χ3v) is 4.77. The van der Waals surface area contributed by atoms with Gasteiger partial charge in [0.25, 0.3) is 5.91 Å². The quantitative estimate of drug-likeness (QED) is 0.872. The van der Waals surface area contributed by atoms with Gasteiger partial charge in [-0.15, -0.1) is 0 Å². The van der Waals surface area contributed by atoms with Crippen LogP contribution in [0.5, 0.6) is 0 Å². The van der Waals surface area contributed by atoms with Crippen LogP contribution in [-0.2, 0) is 0 Å². The summed E-state index contributed by atoms with van der Waals surface area (Å²) in [5, 5.41) is 3.01. The number of carbonyl (C=O) groups is 1. The fourth-order valence-electron chi connectivity index (χ4n) is 2.42. The first-order valence-corrected chi connectivity index (χ1v) is 7.44. The van der Waals surface area contributed by atoms with Crippen LogP contribution in [0, 0.1) is 12.8 Å². The predicted molar refractivity (Wildman–Crippen MR) is 76.0 cm³/mol. The zero-order chi connectivity index (χ0) is 13.0. The molecule has 3 nitrogen and oxygen atoms in total. The minimum Gasteiger partial charge on any atom is -0.350 e. The number of carbonyl (C=O) groups excluding carboxylic acids is 1. The summed E-state index contributed by atoms with van der Waals surface area (Å²) < 4.78 is 0. The lowest BCUT2D eigenvalue weighted by molar-refractivity contribution is 0.0939. The summed E-state index contributed by atoms with van der Waals surface area (Å²) >= 11 is 3.71. The van der Waals surface area contributed by atoms with E-state index in [4.69, 9.17) is 0 Å². The summed E-state index contributed by atoms with van der Waals surface area (Å²) in [5.41, 5.74) is 1.47. The van der Waals surface area contributed by atoms with Gasteiger partial charge in [0, 0.05) is 17.6 Å². The zero-order valence-electron chi connectivity index (χ0n) is 10.7. The first-order valence-electron chi connectivity index (χ1n) is 6.52. The third-order valence-electron chi connectivity index (χ3n) is 3.57. The number of aryl methyl sites for hydroxylation is 1. The van der Waals surface area contributed by atoms with Gasteiger partial charge in [0.05, 0.1) is 0 Å². The van der Waals surface area contributed by atoms with Crippen LogP contribution in [0.4, 0.5) is 0 Å². The van der Waals surface area contributed by atoms with Crippen molar-refractivity contribution in [1.29, 1.82) is 0 Å². The molecule has 1 aliphatic carbocycles. The Kier molecular flexibility index (Phi) is 4.75. The van der Waals surface area contributed by atoms with Crippen molar-refractivity contribution < 1.29 is 4.79 Å². The Labute approximate surface area is 117 Å². The van der Waals surface area contributed by atoms with E-state index < -0.39 is 0 Å². The van der Waals surface area contributed by atoms with Crippen molar-refractivity contribution in [3.8, 4) is 0 Å². The molecule has 1 amide bonds. The van der Waals surface area contributed by atoms with E-state index >= 15 is 0 Å². The lowest BCUT2D eigenvalue weighted by atomic mass is 9.89. The highest BCUT2D eigenvalue weighted by Crippen LogP contribution is 2.29. The SMILES string of the molecule is Cc1cccnc1C(=O)NCC1CCCCC1Br. The van der Waals surface area contributed by atoms with Crippen LogP contribution in [-0.4, -0.2) is 22.3 Å². The normalized spacial score (nSPS) is 23.7. The molecule has 1 aliphatic rings. The van der Waals surface area contributed by atoms with Crippen LogP contribution in [0.3, 0.4) is 0 Å². The summed E-state index contributed by atoms with van der Waals surface area (Å²) in [4.78, 5) is 16.7. The van der Waals surface area contributed by atoms with Gasteiger partial charge in [0.2, 0.25) is 0 Å². The van der Waals surface area contributed by atoms with Gasteiger partial charge in [-0.25, -0.2) is 0 Å². The Morgan fingerprint density at radius 3 is 3.00 bits per heavy atom. The van der Waals surface area contributed by atoms with Crippen LogP contribution in [0.25, 0.3) is 0 Å². The van der Waals surface area contributed by atoms with Crippen LogP contribution >= 0.6 is 15.9 Å². The van der Waals surface area contributed by atoms with Crippen molar-refractivity contribution in [3.05, 3.63) is 29.6 Å². The van der Waals surface area contributed by atoms with Gasteiger partial charge >= 0.3 is 0 Å². The molecule has 0 saturated heterocycles. The molecule has 0 radical (unpaired) electrons. The summed E-state index contributed by atoms with van der Waals surface area (Å²) in [6, 6.07) is 3.76. The summed E-state index contributed by atoms with van der Waals surface area (Å²) in [5.74, 6) is 0.491. The standard InChI is InChI=1S/C14H19BrN2O/c1-10-5-4-8-16-13(10)14(18)17-9-11-6-2-3-7-12(11)15/h4-5,8,11-12H,2-3,6-7,9H2,1H3,(H,17,18). The van der Waals surface area contributed by atoms with Gasteiger partial charge in [0.1, 0.15) is 5.69 Å². The van der Waals surface area contributed by atoms with E-state index in [0.717, 1.165) is 12.1 Å². The molecule has 1 heterocycles. The molecule has 0 aliphatic heterocycles. The number of pyridine rings is 1. The fraction of sp³-hybridized carbons (Fsp3) is 0.571. The van der Waals surface area contributed by atoms with Crippen LogP contribution in [0.2, 0.25) is 0 Å². The number of hydrogen-bond acceptors (Lipinski definition) is 2. The van der Waals surface area contributed by atoms with Crippen molar-refractivity contribution in [2.24, 2.45) is 5.92 Å². The van der Waals surface area contributed by atoms with E-state index in [2.05, 4.69) is 26.2 Å². The number of nitrogens with zero attached hydrogens (tertiary/aromatic N) is 1. The van der Waals surface area contributed by atoms with Crippen LogP contribution in [0.15, 0.2) is 18.3 Å². The largest absolute Gasteiger partial charge is 0.350 e. The second-order valence-electron chi connectivity index (χ2n) is 4.94. The molecule has 1 fully saturated rings. The van der Waals surface area contributed by atoms with Crippen molar-refractivity contribution in [2.45, 2.75) is 37.4 Å². The molecule has 2 atom stereocenters. The molecule has 1 aromatic rings. The summed E-state index contributed by atoms with van der Waals surface area (Å²) in [7, 11) is 0. The van der Waals surface area contributed by atoms with E-state index in [1.807, 2.05) is 19.1 Å². The van der Waals surface area contributed by atoms with Crippen molar-refractivity contribution >= 4 is 21.8 Å². The van der Waals surface area contributed by atoms with Gasteiger partial charge in [0.15, 0.2) is 0 Å². The highest BCUT2D eigenvalue weighted by atomic mass is 79.9. The summed E-state index contributed by atoms with van der Waals surface area (Å²) in [6.45, 7) is 2.65. The molecule has 1 aromatic heterocycles. The maximum absolute atomic E-state index is 12.0. The van der Waals surface area contributed by atoms with E-state index in [9.17, 15) is 4.79 Å². The van der Waals surface area contributed by atoms with Crippen LogP contribution < -0.4 is 5.32 Å². The first kappa shape index (κ1) is 13.5. The molecule has 2 rings (SSSR count). The van der Waals surface area contributed by atoms with E-state index in [1.165, 1.54) is 25.7 Å². The molecule has 4 heteroatoms. The number of amides is 1. The highest BCUT2D eigenvalue weighted by Gasteiger charge is 2.23. The van der Waals surface area contributed by atoms with E-state index in [0.29, 0.717) is 16.4 Å². The maximum Gasteiger partial charge on any atom is 0.270 e. The fourth-order valence-corrected chi connectivity index (χ4v) is 3.20. The molecular weight excluding hydrogens is 292 g/mol. The van der Waals surface area contributed by atoms with E-state index in [1.54, 1.807) is 6.20 Å². The lowest BCUT2D eigenvalue weighted by Gasteiger charge is -2.27. The molecule has 2 unspecified atom stereocenters. The number of nitrogens with one attached hydrogen (secondary N) is 1. The number of halogens is 1. The average molecular weight is 311 g/mol. The first-order chi connectivity index (χ1) is 8.68. The Morgan fingerprint density at radius 2 is 2.28 bits per heavy atom. The van der Waals surface area contributed by atoms with Crippen molar-refractivity contribution in [3.63, 3.8) is 0 Å². The molecule has 1 saturated carbocycles. The minimum absolute atomic E-state index is 0.0571. The minimum atomic E-state index is -0.0571.